The highest BCUT2D eigenvalue weighted by atomic mass is 16.3. The molecule has 0 aromatic carbocycles. The van der Waals surface area contributed by atoms with Gasteiger partial charge >= 0.3 is 0 Å². The second kappa shape index (κ2) is 5.19. The van der Waals surface area contributed by atoms with Gasteiger partial charge in [0.25, 0.3) is 0 Å². The van der Waals surface area contributed by atoms with Crippen molar-refractivity contribution in [1.29, 1.82) is 0 Å². The molecule has 1 heterocycles. The van der Waals surface area contributed by atoms with E-state index in [1.54, 1.807) is 0 Å². The van der Waals surface area contributed by atoms with Crippen LogP contribution in [0.5, 0.6) is 0 Å². The van der Waals surface area contributed by atoms with Crippen LogP contribution >= 0.6 is 0 Å². The summed E-state index contributed by atoms with van der Waals surface area (Å²) in [5, 5.41) is 14.9. The Morgan fingerprint density at radius 2 is 2.54 bits per heavy atom. The number of rotatable bonds is 4. The minimum Gasteiger partial charge on any atom is -0.394 e. The van der Waals surface area contributed by atoms with Crippen LogP contribution in [0.3, 0.4) is 0 Å². The monoisotopic (exact) mass is 186 g/mol. The highest BCUT2D eigenvalue weighted by molar-refractivity contribution is 5.79. The van der Waals surface area contributed by atoms with Crippen molar-refractivity contribution < 1.29 is 9.90 Å². The molecule has 0 aromatic heterocycles. The zero-order valence-electron chi connectivity index (χ0n) is 8.05. The van der Waals surface area contributed by atoms with Gasteiger partial charge in [-0.15, -0.1) is 0 Å². The lowest BCUT2D eigenvalue weighted by Crippen LogP contribution is -2.41. The van der Waals surface area contributed by atoms with Crippen molar-refractivity contribution in [2.75, 3.05) is 19.7 Å². The summed E-state index contributed by atoms with van der Waals surface area (Å²) in [5.74, 6) is 0.173. The summed E-state index contributed by atoms with van der Waals surface area (Å²) in [5.41, 5.74) is 0. The van der Waals surface area contributed by atoms with Gasteiger partial charge in [0.2, 0.25) is 5.91 Å². The summed E-state index contributed by atoms with van der Waals surface area (Å²) >= 11 is 0. The third kappa shape index (κ3) is 2.97. The molecule has 1 saturated heterocycles. The smallest absolute Gasteiger partial charge is 0.224 e. The molecule has 1 rings (SSSR count). The van der Waals surface area contributed by atoms with Crippen molar-refractivity contribution in [3.8, 4) is 0 Å². The first-order chi connectivity index (χ1) is 6.27. The summed E-state index contributed by atoms with van der Waals surface area (Å²) in [6, 6.07) is -0.0758. The Morgan fingerprint density at radius 1 is 1.77 bits per heavy atom. The molecule has 0 bridgehead atoms. The molecular weight excluding hydrogens is 168 g/mol. The number of aliphatic hydroxyl groups excluding tert-OH is 1. The van der Waals surface area contributed by atoms with Crippen molar-refractivity contribution in [3.63, 3.8) is 0 Å². The van der Waals surface area contributed by atoms with Crippen molar-refractivity contribution in [2.45, 2.75) is 25.8 Å². The summed E-state index contributed by atoms with van der Waals surface area (Å²) in [6.07, 6.45) is 1.69. The lowest BCUT2D eigenvalue weighted by molar-refractivity contribution is -0.125. The molecule has 76 valence electrons. The fourth-order valence-corrected chi connectivity index (χ4v) is 1.47. The van der Waals surface area contributed by atoms with Gasteiger partial charge in [-0.2, -0.15) is 0 Å². The molecular formula is C9H18N2O2. The van der Waals surface area contributed by atoms with Crippen molar-refractivity contribution in [2.24, 2.45) is 5.92 Å². The van der Waals surface area contributed by atoms with Crippen molar-refractivity contribution in [1.82, 2.24) is 10.6 Å². The number of aliphatic hydroxyl groups is 1. The minimum atomic E-state index is -0.0758. The number of carbonyl (C=O) groups excluding carboxylic acids is 1. The van der Waals surface area contributed by atoms with Gasteiger partial charge in [-0.05, 0) is 19.4 Å². The van der Waals surface area contributed by atoms with Crippen LogP contribution in [0.4, 0.5) is 0 Å². The number of hydrogen-bond donors (Lipinski definition) is 3. The number of hydrogen-bond acceptors (Lipinski definition) is 3. The van der Waals surface area contributed by atoms with E-state index in [4.69, 9.17) is 5.11 Å². The number of nitrogens with one attached hydrogen (secondary N) is 2. The summed E-state index contributed by atoms with van der Waals surface area (Å²) in [4.78, 5) is 11.5. The highest BCUT2D eigenvalue weighted by Crippen LogP contribution is 2.07. The van der Waals surface area contributed by atoms with Crippen LogP contribution in [0.15, 0.2) is 0 Å². The maximum atomic E-state index is 11.5. The van der Waals surface area contributed by atoms with Crippen molar-refractivity contribution >= 4 is 5.91 Å². The summed E-state index contributed by atoms with van der Waals surface area (Å²) < 4.78 is 0. The normalized spacial score (nSPS) is 24.3. The molecule has 1 aliphatic rings. The van der Waals surface area contributed by atoms with Crippen LogP contribution in [0.2, 0.25) is 0 Å². The van der Waals surface area contributed by atoms with E-state index in [0.717, 1.165) is 25.9 Å². The van der Waals surface area contributed by atoms with Crippen LogP contribution in [0.1, 0.15) is 19.8 Å². The predicted octanol–water partition coefficient (Wildman–Crippen LogP) is -0.517. The molecule has 4 heteroatoms. The van der Waals surface area contributed by atoms with Gasteiger partial charge < -0.3 is 15.7 Å². The van der Waals surface area contributed by atoms with E-state index in [2.05, 4.69) is 10.6 Å². The SMILES string of the molecule is CC[C@@H](CO)NC(=O)C1CCNC1. The quantitative estimate of drug-likeness (QED) is 0.554. The van der Waals surface area contributed by atoms with Crippen LogP contribution in [-0.4, -0.2) is 36.8 Å². The zero-order valence-corrected chi connectivity index (χ0v) is 8.05. The minimum absolute atomic E-state index is 0.0301. The lowest BCUT2D eigenvalue weighted by atomic mass is 10.1. The average Bonchev–Trinajstić information content (AvgIpc) is 2.66. The Balaban J connectivity index is 2.30. The molecule has 1 amide bonds. The van der Waals surface area contributed by atoms with Gasteiger partial charge in [-0.1, -0.05) is 6.92 Å². The average molecular weight is 186 g/mol. The van der Waals surface area contributed by atoms with E-state index >= 15 is 0 Å². The van der Waals surface area contributed by atoms with Gasteiger partial charge in [0.15, 0.2) is 0 Å². The number of carbonyl (C=O) groups is 1. The first kappa shape index (κ1) is 10.5. The second-order valence-corrected chi connectivity index (χ2v) is 3.49. The zero-order chi connectivity index (χ0) is 9.68. The number of amides is 1. The molecule has 1 aliphatic heterocycles. The molecule has 0 spiro atoms. The molecule has 13 heavy (non-hydrogen) atoms. The Morgan fingerprint density at radius 3 is 3.00 bits per heavy atom. The molecule has 4 nitrogen and oxygen atoms in total. The third-order valence-electron chi connectivity index (χ3n) is 2.49. The van der Waals surface area contributed by atoms with Crippen LogP contribution < -0.4 is 10.6 Å². The topological polar surface area (TPSA) is 61.4 Å². The molecule has 0 aliphatic carbocycles. The van der Waals surface area contributed by atoms with Crippen molar-refractivity contribution in [3.05, 3.63) is 0 Å². The Kier molecular flexibility index (Phi) is 4.18. The Labute approximate surface area is 78.7 Å². The van der Waals surface area contributed by atoms with Crippen LogP contribution in [0.25, 0.3) is 0 Å². The molecule has 3 N–H and O–H groups in total. The van der Waals surface area contributed by atoms with E-state index in [0.29, 0.717) is 0 Å². The maximum Gasteiger partial charge on any atom is 0.224 e. The lowest BCUT2D eigenvalue weighted by Gasteiger charge is -2.16. The van der Waals surface area contributed by atoms with E-state index in [9.17, 15) is 4.79 Å². The summed E-state index contributed by atoms with van der Waals surface area (Å²) in [7, 11) is 0. The van der Waals surface area contributed by atoms with Gasteiger partial charge in [0, 0.05) is 6.54 Å². The van der Waals surface area contributed by atoms with Gasteiger partial charge in [-0.25, -0.2) is 0 Å². The Hall–Kier alpha value is -0.610. The second-order valence-electron chi connectivity index (χ2n) is 3.49. The fraction of sp³-hybridized carbons (Fsp3) is 0.889. The van der Waals surface area contributed by atoms with E-state index in [-0.39, 0.29) is 24.5 Å². The standard InChI is InChI=1S/C9H18N2O2/c1-2-8(6-12)11-9(13)7-3-4-10-5-7/h7-8,10,12H,2-6H2,1H3,(H,11,13)/t7?,8-/m0/s1. The van der Waals surface area contributed by atoms with E-state index in [1.807, 2.05) is 6.92 Å². The molecule has 1 fully saturated rings. The first-order valence-electron chi connectivity index (χ1n) is 4.89. The van der Waals surface area contributed by atoms with Crippen LogP contribution in [-0.2, 0) is 4.79 Å². The van der Waals surface area contributed by atoms with Gasteiger partial charge in [-0.3, -0.25) is 4.79 Å². The van der Waals surface area contributed by atoms with Gasteiger partial charge in [0.1, 0.15) is 0 Å². The molecule has 0 aromatic rings. The molecule has 0 radical (unpaired) electrons. The van der Waals surface area contributed by atoms with Crippen LogP contribution in [0, 0.1) is 5.92 Å². The maximum absolute atomic E-state index is 11.5. The predicted molar refractivity (Wildman–Crippen MR) is 50.3 cm³/mol. The van der Waals surface area contributed by atoms with Gasteiger partial charge in [0.05, 0.1) is 18.6 Å². The van der Waals surface area contributed by atoms with E-state index in [1.165, 1.54) is 0 Å². The fourth-order valence-electron chi connectivity index (χ4n) is 1.47. The largest absolute Gasteiger partial charge is 0.394 e. The Bertz CT molecular complexity index is 163. The summed E-state index contributed by atoms with van der Waals surface area (Å²) in [6.45, 7) is 3.68. The third-order valence-corrected chi connectivity index (χ3v) is 2.49. The first-order valence-corrected chi connectivity index (χ1v) is 4.89. The molecule has 2 atom stereocenters. The molecule has 0 saturated carbocycles. The highest BCUT2D eigenvalue weighted by Gasteiger charge is 2.23. The molecule has 1 unspecified atom stereocenters. The van der Waals surface area contributed by atoms with E-state index < -0.39 is 0 Å².